The van der Waals surface area contributed by atoms with E-state index < -0.39 is 6.04 Å². The van der Waals surface area contributed by atoms with Gasteiger partial charge >= 0.3 is 0 Å². The van der Waals surface area contributed by atoms with Crippen LogP contribution in [0.4, 0.5) is 4.39 Å². The second-order valence-electron chi connectivity index (χ2n) is 4.06. The molecule has 2 aromatic rings. The Morgan fingerprint density at radius 3 is 2.53 bits per heavy atom. The quantitative estimate of drug-likeness (QED) is 0.878. The van der Waals surface area contributed by atoms with E-state index in [1.54, 1.807) is 17.4 Å². The molecule has 1 heterocycles. The van der Waals surface area contributed by atoms with E-state index in [1.165, 1.54) is 6.07 Å². The summed E-state index contributed by atoms with van der Waals surface area (Å²) in [5.74, 6) is -0.246. The molecule has 17 heavy (non-hydrogen) atoms. The van der Waals surface area contributed by atoms with E-state index in [4.69, 9.17) is 5.73 Å². The SMILES string of the molecule is Cc1ccc(F)c(C(N)c2cc(Br)sc2C)c1. The molecule has 2 N–H and O–H groups in total. The standard InChI is InChI=1S/C13H13BrFNS/c1-7-3-4-11(15)10(5-7)13(16)9-6-12(14)17-8(9)2/h3-6,13H,16H2,1-2H3. The van der Waals surface area contributed by atoms with E-state index in [-0.39, 0.29) is 5.82 Å². The number of thiophene rings is 1. The smallest absolute Gasteiger partial charge is 0.128 e. The summed E-state index contributed by atoms with van der Waals surface area (Å²) < 4.78 is 14.8. The number of aryl methyl sites for hydroxylation is 2. The van der Waals surface area contributed by atoms with Crippen molar-refractivity contribution >= 4 is 27.3 Å². The third-order valence-corrected chi connectivity index (χ3v) is 4.32. The first-order valence-electron chi connectivity index (χ1n) is 5.26. The van der Waals surface area contributed by atoms with Gasteiger partial charge < -0.3 is 5.73 Å². The van der Waals surface area contributed by atoms with Crippen LogP contribution in [0.1, 0.15) is 27.6 Å². The first-order valence-corrected chi connectivity index (χ1v) is 6.87. The van der Waals surface area contributed by atoms with Crippen molar-refractivity contribution in [1.29, 1.82) is 0 Å². The van der Waals surface area contributed by atoms with E-state index in [9.17, 15) is 4.39 Å². The fraction of sp³-hybridized carbons (Fsp3) is 0.231. The summed E-state index contributed by atoms with van der Waals surface area (Å²) in [6, 6.07) is 6.60. The minimum atomic E-state index is -0.405. The lowest BCUT2D eigenvalue weighted by atomic mass is 9.98. The van der Waals surface area contributed by atoms with Gasteiger partial charge in [-0.25, -0.2) is 4.39 Å². The van der Waals surface area contributed by atoms with Gasteiger partial charge in [0.15, 0.2) is 0 Å². The highest BCUT2D eigenvalue weighted by Crippen LogP contribution is 2.33. The first kappa shape index (κ1) is 12.7. The van der Waals surface area contributed by atoms with Gasteiger partial charge in [-0.1, -0.05) is 17.7 Å². The van der Waals surface area contributed by atoms with Crippen molar-refractivity contribution in [3.8, 4) is 0 Å². The minimum absolute atomic E-state index is 0.246. The van der Waals surface area contributed by atoms with Crippen molar-refractivity contribution in [3.63, 3.8) is 0 Å². The van der Waals surface area contributed by atoms with Gasteiger partial charge in [-0.05, 0) is 47.5 Å². The molecule has 0 amide bonds. The molecule has 1 atom stereocenters. The Morgan fingerprint density at radius 2 is 1.94 bits per heavy atom. The molecule has 1 nitrogen and oxygen atoms in total. The van der Waals surface area contributed by atoms with Crippen LogP contribution in [0.25, 0.3) is 0 Å². The number of hydrogen-bond donors (Lipinski definition) is 1. The third-order valence-electron chi connectivity index (χ3n) is 2.75. The minimum Gasteiger partial charge on any atom is -0.320 e. The van der Waals surface area contributed by atoms with Gasteiger partial charge in [-0.3, -0.25) is 0 Å². The summed E-state index contributed by atoms with van der Waals surface area (Å²) >= 11 is 5.04. The zero-order valence-corrected chi connectivity index (χ0v) is 12.0. The second kappa shape index (κ2) is 4.88. The van der Waals surface area contributed by atoms with E-state index in [0.29, 0.717) is 5.56 Å². The Kier molecular flexibility index (Phi) is 3.66. The predicted octanol–water partition coefficient (Wildman–Crippen LogP) is 4.31. The summed E-state index contributed by atoms with van der Waals surface area (Å²) in [5.41, 5.74) is 8.70. The average molecular weight is 314 g/mol. The zero-order chi connectivity index (χ0) is 12.6. The Labute approximate surface area is 113 Å². The highest BCUT2D eigenvalue weighted by molar-refractivity contribution is 9.11. The Balaban J connectivity index is 2.46. The van der Waals surface area contributed by atoms with Crippen LogP contribution in [-0.2, 0) is 0 Å². The fourth-order valence-corrected chi connectivity index (χ4v) is 3.59. The maximum Gasteiger partial charge on any atom is 0.128 e. The molecular weight excluding hydrogens is 301 g/mol. The van der Waals surface area contributed by atoms with Gasteiger partial charge in [0.05, 0.1) is 9.83 Å². The summed E-state index contributed by atoms with van der Waals surface area (Å²) in [5, 5.41) is 0. The normalized spacial score (nSPS) is 12.8. The highest BCUT2D eigenvalue weighted by atomic mass is 79.9. The monoisotopic (exact) mass is 313 g/mol. The molecule has 0 aliphatic heterocycles. The molecule has 0 bridgehead atoms. The van der Waals surface area contributed by atoms with Crippen molar-refractivity contribution < 1.29 is 4.39 Å². The summed E-state index contributed by atoms with van der Waals surface area (Å²) in [6.07, 6.45) is 0. The van der Waals surface area contributed by atoms with Crippen LogP contribution in [0, 0.1) is 19.7 Å². The number of hydrogen-bond acceptors (Lipinski definition) is 2. The van der Waals surface area contributed by atoms with Crippen molar-refractivity contribution in [2.75, 3.05) is 0 Å². The third kappa shape index (κ3) is 2.59. The second-order valence-corrected chi connectivity index (χ2v) is 6.70. The van der Waals surface area contributed by atoms with Crippen LogP contribution >= 0.6 is 27.3 Å². The van der Waals surface area contributed by atoms with Crippen molar-refractivity contribution in [3.05, 3.63) is 55.4 Å². The van der Waals surface area contributed by atoms with Crippen LogP contribution < -0.4 is 5.73 Å². The van der Waals surface area contributed by atoms with Crippen LogP contribution in [0.2, 0.25) is 0 Å². The van der Waals surface area contributed by atoms with Crippen molar-refractivity contribution in [1.82, 2.24) is 0 Å². The Bertz CT molecular complexity index is 550. The predicted molar refractivity (Wildman–Crippen MR) is 73.9 cm³/mol. The number of rotatable bonds is 2. The summed E-state index contributed by atoms with van der Waals surface area (Å²) in [4.78, 5) is 1.12. The molecule has 0 spiro atoms. The summed E-state index contributed by atoms with van der Waals surface area (Å²) in [6.45, 7) is 3.93. The molecule has 1 unspecified atom stereocenters. The van der Waals surface area contributed by atoms with Gasteiger partial charge in [0.25, 0.3) is 0 Å². The lowest BCUT2D eigenvalue weighted by molar-refractivity contribution is 0.599. The molecule has 90 valence electrons. The molecule has 0 fully saturated rings. The van der Waals surface area contributed by atoms with Gasteiger partial charge in [-0.15, -0.1) is 11.3 Å². The molecule has 0 saturated carbocycles. The molecule has 0 aliphatic carbocycles. The van der Waals surface area contributed by atoms with Gasteiger partial charge in [0.1, 0.15) is 5.82 Å². The number of halogens is 2. The van der Waals surface area contributed by atoms with E-state index in [1.807, 2.05) is 26.0 Å². The highest BCUT2D eigenvalue weighted by Gasteiger charge is 2.17. The van der Waals surface area contributed by atoms with Crippen LogP contribution in [0.5, 0.6) is 0 Å². The van der Waals surface area contributed by atoms with E-state index in [0.717, 1.165) is 19.8 Å². The lowest BCUT2D eigenvalue weighted by Gasteiger charge is -2.13. The topological polar surface area (TPSA) is 26.0 Å². The largest absolute Gasteiger partial charge is 0.320 e. The van der Waals surface area contributed by atoms with Gasteiger partial charge in [-0.2, -0.15) is 0 Å². The molecule has 0 aliphatic rings. The van der Waals surface area contributed by atoms with E-state index in [2.05, 4.69) is 15.9 Å². The molecule has 2 rings (SSSR count). The molecular formula is C13H13BrFNS. The molecule has 0 radical (unpaired) electrons. The maximum absolute atomic E-state index is 13.8. The summed E-state index contributed by atoms with van der Waals surface area (Å²) in [7, 11) is 0. The van der Waals surface area contributed by atoms with Gasteiger partial charge in [0, 0.05) is 10.4 Å². The maximum atomic E-state index is 13.8. The molecule has 1 aromatic carbocycles. The Morgan fingerprint density at radius 1 is 1.24 bits per heavy atom. The van der Waals surface area contributed by atoms with Crippen LogP contribution in [-0.4, -0.2) is 0 Å². The van der Waals surface area contributed by atoms with Crippen molar-refractivity contribution in [2.45, 2.75) is 19.9 Å². The lowest BCUT2D eigenvalue weighted by Crippen LogP contribution is -2.14. The Hall–Kier alpha value is -0.710. The first-order chi connectivity index (χ1) is 7.99. The van der Waals surface area contributed by atoms with Gasteiger partial charge in [0.2, 0.25) is 0 Å². The van der Waals surface area contributed by atoms with Crippen molar-refractivity contribution in [2.24, 2.45) is 5.73 Å². The fourth-order valence-electron chi connectivity index (χ4n) is 1.84. The zero-order valence-electron chi connectivity index (χ0n) is 9.63. The molecule has 0 saturated heterocycles. The molecule has 4 heteroatoms. The van der Waals surface area contributed by atoms with E-state index >= 15 is 0 Å². The van der Waals surface area contributed by atoms with Crippen LogP contribution in [0.3, 0.4) is 0 Å². The number of benzene rings is 1. The number of nitrogens with two attached hydrogens (primary N) is 1. The average Bonchev–Trinajstić information content (AvgIpc) is 2.60. The van der Waals surface area contributed by atoms with Crippen LogP contribution in [0.15, 0.2) is 28.1 Å². The molecule has 1 aromatic heterocycles.